The van der Waals surface area contributed by atoms with Crippen LogP contribution < -0.4 is 14.8 Å². The summed E-state index contributed by atoms with van der Waals surface area (Å²) in [5, 5.41) is 17.4. The Hall–Kier alpha value is -3.40. The molecular formula is C18H16N2O7S. The van der Waals surface area contributed by atoms with Crippen LogP contribution in [0, 0.1) is 10.1 Å². The third-order valence-electron chi connectivity index (χ3n) is 3.64. The lowest BCUT2D eigenvalue weighted by Crippen LogP contribution is -2.20. The van der Waals surface area contributed by atoms with Gasteiger partial charge in [-0.25, -0.2) is 4.79 Å². The van der Waals surface area contributed by atoms with Gasteiger partial charge in [0, 0.05) is 18.6 Å². The molecule has 0 saturated carbocycles. The van der Waals surface area contributed by atoms with Crippen LogP contribution in [-0.4, -0.2) is 36.6 Å². The van der Waals surface area contributed by atoms with Gasteiger partial charge in [-0.05, 0) is 28.5 Å². The summed E-state index contributed by atoms with van der Waals surface area (Å²) in [6.45, 7) is 0.190. The number of carbonyl (C=O) groups excluding carboxylic acids is 2. The Balaban J connectivity index is 1.63. The molecule has 2 heterocycles. The van der Waals surface area contributed by atoms with Crippen LogP contribution in [-0.2, 0) is 14.3 Å². The Morgan fingerprint density at radius 1 is 1.29 bits per heavy atom. The van der Waals surface area contributed by atoms with Gasteiger partial charge in [-0.2, -0.15) is 11.3 Å². The van der Waals surface area contributed by atoms with Gasteiger partial charge in [-0.1, -0.05) is 0 Å². The Labute approximate surface area is 163 Å². The summed E-state index contributed by atoms with van der Waals surface area (Å²) >= 11 is 1.48. The first-order valence-electron chi connectivity index (χ1n) is 8.28. The number of hydrogen-bond donors (Lipinski definition) is 1. The number of amides is 1. The molecule has 1 aliphatic heterocycles. The minimum atomic E-state index is -0.713. The number of thiophene rings is 1. The van der Waals surface area contributed by atoms with Crippen molar-refractivity contribution < 1.29 is 28.7 Å². The smallest absolute Gasteiger partial charge is 0.331 e. The summed E-state index contributed by atoms with van der Waals surface area (Å²) in [5.74, 6) is -0.870. The highest BCUT2D eigenvalue weighted by molar-refractivity contribution is 7.08. The summed E-state index contributed by atoms with van der Waals surface area (Å²) in [7, 11) is 0. The highest BCUT2D eigenvalue weighted by Gasteiger charge is 2.23. The molecule has 0 saturated heterocycles. The lowest BCUT2D eigenvalue weighted by atomic mass is 10.2. The summed E-state index contributed by atoms with van der Waals surface area (Å²) in [4.78, 5) is 34.4. The van der Waals surface area contributed by atoms with Crippen LogP contribution in [0.3, 0.4) is 0 Å². The minimum absolute atomic E-state index is 0.0656. The summed E-state index contributed by atoms with van der Waals surface area (Å²) in [6.07, 6.45) is 3.40. The van der Waals surface area contributed by atoms with Gasteiger partial charge in [0.15, 0.2) is 18.1 Å². The molecule has 1 amide bonds. The molecule has 1 aliphatic rings. The number of carbonyl (C=O) groups is 2. The second kappa shape index (κ2) is 9.00. The predicted molar refractivity (Wildman–Crippen MR) is 102 cm³/mol. The molecule has 0 bridgehead atoms. The van der Waals surface area contributed by atoms with Crippen LogP contribution in [0.15, 0.2) is 35.0 Å². The number of nitrogens with one attached hydrogen (secondary N) is 1. The molecule has 9 nitrogen and oxygen atoms in total. The van der Waals surface area contributed by atoms with E-state index in [2.05, 4.69) is 5.32 Å². The molecule has 0 radical (unpaired) electrons. The molecule has 10 heteroatoms. The van der Waals surface area contributed by atoms with Crippen molar-refractivity contribution in [2.45, 2.75) is 6.42 Å². The fourth-order valence-corrected chi connectivity index (χ4v) is 2.98. The van der Waals surface area contributed by atoms with Crippen LogP contribution in [0.2, 0.25) is 0 Å². The largest absolute Gasteiger partial charge is 0.489 e. The van der Waals surface area contributed by atoms with E-state index in [0.29, 0.717) is 25.4 Å². The number of nitro groups is 1. The monoisotopic (exact) mass is 404 g/mol. The average Bonchev–Trinajstić information content (AvgIpc) is 3.09. The van der Waals surface area contributed by atoms with E-state index < -0.39 is 23.4 Å². The standard InChI is InChI=1S/C18H16N2O7S/c21-17(10-27-18(22)3-2-12-4-7-28-11-12)19-13-8-15-16(9-14(13)20(23)24)26-6-1-5-25-15/h2-4,7-9,11H,1,5-6,10H2,(H,19,21)/b3-2+. The van der Waals surface area contributed by atoms with E-state index in [1.807, 2.05) is 16.8 Å². The Kier molecular flexibility index (Phi) is 6.22. The molecule has 146 valence electrons. The molecular weight excluding hydrogens is 388 g/mol. The zero-order chi connectivity index (χ0) is 19.9. The second-order valence-corrected chi connectivity index (χ2v) is 6.45. The van der Waals surface area contributed by atoms with Crippen LogP contribution in [0.1, 0.15) is 12.0 Å². The van der Waals surface area contributed by atoms with E-state index in [-0.39, 0.29) is 17.1 Å². The van der Waals surface area contributed by atoms with Crippen molar-refractivity contribution in [3.63, 3.8) is 0 Å². The van der Waals surface area contributed by atoms with Crippen LogP contribution in [0.5, 0.6) is 11.5 Å². The number of benzene rings is 1. The zero-order valence-electron chi connectivity index (χ0n) is 14.6. The van der Waals surface area contributed by atoms with E-state index in [4.69, 9.17) is 14.2 Å². The van der Waals surface area contributed by atoms with E-state index in [0.717, 1.165) is 5.56 Å². The van der Waals surface area contributed by atoms with E-state index in [9.17, 15) is 19.7 Å². The van der Waals surface area contributed by atoms with Crippen molar-refractivity contribution in [2.75, 3.05) is 25.1 Å². The van der Waals surface area contributed by atoms with E-state index >= 15 is 0 Å². The fourth-order valence-electron chi connectivity index (χ4n) is 2.35. The molecule has 1 aromatic heterocycles. The van der Waals surface area contributed by atoms with Crippen molar-refractivity contribution in [3.8, 4) is 11.5 Å². The molecule has 0 atom stereocenters. The predicted octanol–water partition coefficient (Wildman–Crippen LogP) is 3.01. The number of nitro benzene ring substituents is 1. The quantitative estimate of drug-likeness (QED) is 0.340. The lowest BCUT2D eigenvalue weighted by molar-refractivity contribution is -0.384. The first-order chi connectivity index (χ1) is 13.5. The maximum absolute atomic E-state index is 12.1. The number of esters is 1. The average molecular weight is 404 g/mol. The maximum atomic E-state index is 12.1. The minimum Gasteiger partial charge on any atom is -0.489 e. The molecule has 0 unspecified atom stereocenters. The van der Waals surface area contributed by atoms with Crippen LogP contribution in [0.25, 0.3) is 6.08 Å². The molecule has 1 aromatic carbocycles. The van der Waals surface area contributed by atoms with Crippen LogP contribution in [0.4, 0.5) is 11.4 Å². The van der Waals surface area contributed by atoms with Crippen molar-refractivity contribution in [1.29, 1.82) is 0 Å². The van der Waals surface area contributed by atoms with Crippen molar-refractivity contribution >= 4 is 40.7 Å². The number of anilines is 1. The normalized spacial score (nSPS) is 13.0. The Bertz CT molecular complexity index is 909. The van der Waals surface area contributed by atoms with Crippen molar-refractivity contribution in [1.82, 2.24) is 0 Å². The number of hydrogen-bond acceptors (Lipinski definition) is 8. The fraction of sp³-hybridized carbons (Fsp3) is 0.222. The molecule has 0 fully saturated rings. The van der Waals surface area contributed by atoms with Gasteiger partial charge in [-0.3, -0.25) is 14.9 Å². The lowest BCUT2D eigenvalue weighted by Gasteiger charge is -2.11. The number of nitrogens with zero attached hydrogens (tertiary/aromatic N) is 1. The van der Waals surface area contributed by atoms with E-state index in [1.165, 1.54) is 29.5 Å². The number of fused-ring (bicyclic) bond motifs is 1. The third kappa shape index (κ3) is 5.07. The van der Waals surface area contributed by atoms with Gasteiger partial charge in [0.25, 0.3) is 11.6 Å². The van der Waals surface area contributed by atoms with Crippen molar-refractivity contribution in [2.24, 2.45) is 0 Å². The van der Waals surface area contributed by atoms with Gasteiger partial charge < -0.3 is 19.5 Å². The van der Waals surface area contributed by atoms with Crippen LogP contribution >= 0.6 is 11.3 Å². The number of ether oxygens (including phenoxy) is 3. The Morgan fingerprint density at radius 3 is 2.71 bits per heavy atom. The molecule has 3 rings (SSSR count). The Morgan fingerprint density at radius 2 is 2.04 bits per heavy atom. The maximum Gasteiger partial charge on any atom is 0.331 e. The SMILES string of the molecule is O=C(COC(=O)/C=C/c1ccsc1)Nc1cc2c(cc1[N+](=O)[O-])OCCCO2. The first-order valence-corrected chi connectivity index (χ1v) is 9.22. The number of rotatable bonds is 6. The highest BCUT2D eigenvalue weighted by atomic mass is 32.1. The molecule has 1 N–H and O–H groups in total. The van der Waals surface area contributed by atoms with Gasteiger partial charge >= 0.3 is 5.97 Å². The highest BCUT2D eigenvalue weighted by Crippen LogP contribution is 2.39. The summed E-state index contributed by atoms with van der Waals surface area (Å²) in [5.41, 5.74) is 0.430. The molecule has 0 aliphatic carbocycles. The van der Waals surface area contributed by atoms with Gasteiger partial charge in [0.2, 0.25) is 0 Å². The molecule has 0 spiro atoms. The van der Waals surface area contributed by atoms with E-state index in [1.54, 1.807) is 6.08 Å². The zero-order valence-corrected chi connectivity index (χ0v) is 15.4. The van der Waals surface area contributed by atoms with Gasteiger partial charge in [0.05, 0.1) is 24.2 Å². The third-order valence-corrected chi connectivity index (χ3v) is 4.34. The van der Waals surface area contributed by atoms with Gasteiger partial charge in [0.1, 0.15) is 5.69 Å². The molecule has 28 heavy (non-hydrogen) atoms. The summed E-state index contributed by atoms with van der Waals surface area (Å²) in [6, 6.07) is 4.35. The first kappa shape index (κ1) is 19.4. The topological polar surface area (TPSA) is 117 Å². The van der Waals surface area contributed by atoms with Gasteiger partial charge in [-0.15, -0.1) is 0 Å². The second-order valence-electron chi connectivity index (χ2n) is 5.67. The summed E-state index contributed by atoms with van der Waals surface area (Å²) < 4.78 is 15.7. The van der Waals surface area contributed by atoms with Crippen molar-refractivity contribution in [3.05, 3.63) is 50.7 Å². The molecule has 2 aromatic rings.